The summed E-state index contributed by atoms with van der Waals surface area (Å²) in [6.07, 6.45) is -0.645. The van der Waals surface area contributed by atoms with E-state index in [1.165, 1.54) is 0 Å². The molecule has 2 aliphatic heterocycles. The van der Waals surface area contributed by atoms with Crippen LogP contribution in [0, 0.1) is 0 Å². The molecule has 19 heavy (non-hydrogen) atoms. The van der Waals surface area contributed by atoms with E-state index in [4.69, 9.17) is 18.9 Å². The van der Waals surface area contributed by atoms with Crippen LogP contribution >= 0.6 is 0 Å². The SMILES string of the molecule is O=C(CCCC(=O)OC1NCCO1)OC1NCCO1. The van der Waals surface area contributed by atoms with Crippen molar-refractivity contribution in [2.45, 2.75) is 32.1 Å². The van der Waals surface area contributed by atoms with Crippen LogP contribution in [0.5, 0.6) is 0 Å². The maximum absolute atomic E-state index is 11.4. The van der Waals surface area contributed by atoms with E-state index in [0.717, 1.165) is 0 Å². The number of esters is 2. The quantitative estimate of drug-likeness (QED) is 0.599. The molecule has 0 aromatic rings. The van der Waals surface area contributed by atoms with E-state index < -0.39 is 24.8 Å². The third kappa shape index (κ3) is 5.11. The predicted octanol–water partition coefficient (Wildman–Crippen LogP) is -0.950. The van der Waals surface area contributed by atoms with Crippen LogP contribution in [0.3, 0.4) is 0 Å². The highest BCUT2D eigenvalue weighted by molar-refractivity contribution is 5.72. The van der Waals surface area contributed by atoms with Crippen molar-refractivity contribution in [2.75, 3.05) is 26.3 Å². The summed E-state index contributed by atoms with van der Waals surface area (Å²) in [6, 6.07) is 0. The molecule has 0 spiro atoms. The molecule has 0 aliphatic carbocycles. The Balaban J connectivity index is 1.52. The van der Waals surface area contributed by atoms with E-state index in [-0.39, 0.29) is 12.8 Å². The van der Waals surface area contributed by atoms with Crippen LogP contribution in [0.2, 0.25) is 0 Å². The van der Waals surface area contributed by atoms with Crippen LogP contribution in [-0.2, 0) is 28.5 Å². The van der Waals surface area contributed by atoms with Crippen LogP contribution in [0.4, 0.5) is 0 Å². The molecule has 2 fully saturated rings. The van der Waals surface area contributed by atoms with Gasteiger partial charge in [0.15, 0.2) is 0 Å². The molecule has 0 aromatic carbocycles. The Morgan fingerprint density at radius 2 is 1.42 bits per heavy atom. The van der Waals surface area contributed by atoms with Gasteiger partial charge in [0.1, 0.15) is 0 Å². The summed E-state index contributed by atoms with van der Waals surface area (Å²) >= 11 is 0. The number of hydrogen-bond donors (Lipinski definition) is 2. The Bertz CT molecular complexity index is 282. The normalized spacial score (nSPS) is 26.3. The summed E-state index contributed by atoms with van der Waals surface area (Å²) in [5, 5.41) is 5.71. The molecule has 2 rings (SSSR count). The summed E-state index contributed by atoms with van der Waals surface area (Å²) in [6.45, 7) is 2.38. The molecule has 2 aliphatic rings. The number of hydrogen-bond acceptors (Lipinski definition) is 8. The van der Waals surface area contributed by atoms with Crippen LogP contribution in [0.15, 0.2) is 0 Å². The molecule has 2 atom stereocenters. The van der Waals surface area contributed by atoms with E-state index in [9.17, 15) is 9.59 Å². The van der Waals surface area contributed by atoms with Crippen molar-refractivity contribution in [3.63, 3.8) is 0 Å². The van der Waals surface area contributed by atoms with E-state index >= 15 is 0 Å². The predicted molar refractivity (Wildman–Crippen MR) is 61.5 cm³/mol. The Labute approximate surface area is 110 Å². The van der Waals surface area contributed by atoms with E-state index in [1.807, 2.05) is 0 Å². The largest absolute Gasteiger partial charge is 0.421 e. The summed E-state index contributed by atoms with van der Waals surface area (Å²) in [4.78, 5) is 22.8. The first kappa shape index (κ1) is 14.2. The standard InChI is InChI=1S/C11H18N2O6/c14-8(18-10-12-4-6-16-10)2-1-3-9(15)19-11-13-5-7-17-11/h10-13H,1-7H2. The first-order valence-corrected chi connectivity index (χ1v) is 6.33. The number of carbonyl (C=O) groups is 2. The zero-order chi connectivity index (χ0) is 13.5. The van der Waals surface area contributed by atoms with Crippen molar-refractivity contribution in [3.8, 4) is 0 Å². The Morgan fingerprint density at radius 3 is 1.79 bits per heavy atom. The number of rotatable bonds is 6. The van der Waals surface area contributed by atoms with Gasteiger partial charge >= 0.3 is 11.9 Å². The van der Waals surface area contributed by atoms with Crippen molar-refractivity contribution in [3.05, 3.63) is 0 Å². The highest BCUT2D eigenvalue weighted by atomic mass is 16.7. The minimum atomic E-state index is -0.657. The summed E-state index contributed by atoms with van der Waals surface area (Å²) in [5.74, 6) is -0.801. The minimum absolute atomic E-state index is 0.148. The third-order valence-electron chi connectivity index (χ3n) is 2.60. The van der Waals surface area contributed by atoms with Gasteiger partial charge in [0.2, 0.25) is 0 Å². The molecule has 8 heteroatoms. The van der Waals surface area contributed by atoms with Gasteiger partial charge in [-0.1, -0.05) is 0 Å². The van der Waals surface area contributed by atoms with E-state index in [1.54, 1.807) is 0 Å². The number of carbonyl (C=O) groups excluding carboxylic acids is 2. The molecule has 108 valence electrons. The monoisotopic (exact) mass is 274 g/mol. The Kier molecular flexibility index (Phi) is 5.52. The molecule has 2 heterocycles. The van der Waals surface area contributed by atoms with Crippen LogP contribution in [0.1, 0.15) is 19.3 Å². The Hall–Kier alpha value is -1.22. The number of nitrogens with one attached hydrogen (secondary N) is 2. The van der Waals surface area contributed by atoms with E-state index in [0.29, 0.717) is 32.7 Å². The van der Waals surface area contributed by atoms with Gasteiger partial charge in [-0.05, 0) is 6.42 Å². The zero-order valence-electron chi connectivity index (χ0n) is 10.6. The van der Waals surface area contributed by atoms with Gasteiger partial charge in [-0.3, -0.25) is 20.2 Å². The van der Waals surface area contributed by atoms with Gasteiger partial charge in [0.25, 0.3) is 12.8 Å². The second kappa shape index (κ2) is 7.39. The maximum Gasteiger partial charge on any atom is 0.309 e. The summed E-state index contributed by atoms with van der Waals surface area (Å²) in [5.41, 5.74) is 0. The minimum Gasteiger partial charge on any atom is -0.421 e. The average molecular weight is 274 g/mol. The first-order chi connectivity index (χ1) is 9.24. The van der Waals surface area contributed by atoms with Crippen LogP contribution in [0.25, 0.3) is 0 Å². The fourth-order valence-corrected chi connectivity index (χ4v) is 1.69. The summed E-state index contributed by atoms with van der Waals surface area (Å²) < 4.78 is 20.1. The van der Waals surface area contributed by atoms with Crippen LogP contribution < -0.4 is 10.6 Å². The van der Waals surface area contributed by atoms with Crippen molar-refractivity contribution in [1.29, 1.82) is 0 Å². The smallest absolute Gasteiger partial charge is 0.309 e. The van der Waals surface area contributed by atoms with Gasteiger partial charge in [-0.15, -0.1) is 0 Å². The molecule has 0 bridgehead atoms. The summed E-state index contributed by atoms with van der Waals surface area (Å²) in [7, 11) is 0. The van der Waals surface area contributed by atoms with Gasteiger partial charge in [-0.2, -0.15) is 0 Å². The topological polar surface area (TPSA) is 95.1 Å². The molecular weight excluding hydrogens is 256 g/mol. The van der Waals surface area contributed by atoms with Crippen LogP contribution in [-0.4, -0.2) is 51.1 Å². The van der Waals surface area contributed by atoms with Gasteiger partial charge in [0.05, 0.1) is 13.2 Å². The average Bonchev–Trinajstić information content (AvgIpc) is 3.02. The molecule has 2 unspecified atom stereocenters. The third-order valence-corrected chi connectivity index (χ3v) is 2.60. The van der Waals surface area contributed by atoms with Crippen molar-refractivity contribution >= 4 is 11.9 Å². The van der Waals surface area contributed by atoms with Crippen molar-refractivity contribution < 1.29 is 28.5 Å². The van der Waals surface area contributed by atoms with Gasteiger partial charge < -0.3 is 18.9 Å². The lowest BCUT2D eigenvalue weighted by Crippen LogP contribution is -2.29. The van der Waals surface area contributed by atoms with Crippen molar-refractivity contribution in [2.24, 2.45) is 0 Å². The molecular formula is C11H18N2O6. The molecule has 0 saturated carbocycles. The number of ether oxygens (including phenoxy) is 4. The van der Waals surface area contributed by atoms with E-state index in [2.05, 4.69) is 10.6 Å². The fourth-order valence-electron chi connectivity index (χ4n) is 1.69. The molecule has 8 nitrogen and oxygen atoms in total. The lowest BCUT2D eigenvalue weighted by atomic mass is 10.2. The second-order valence-corrected chi connectivity index (χ2v) is 4.15. The lowest BCUT2D eigenvalue weighted by Gasteiger charge is -2.12. The van der Waals surface area contributed by atoms with Gasteiger partial charge in [-0.25, -0.2) is 0 Å². The zero-order valence-corrected chi connectivity index (χ0v) is 10.6. The molecule has 2 saturated heterocycles. The second-order valence-electron chi connectivity index (χ2n) is 4.15. The maximum atomic E-state index is 11.4. The van der Waals surface area contributed by atoms with Gasteiger partial charge in [0, 0.05) is 25.9 Å². The highest BCUT2D eigenvalue weighted by Crippen LogP contribution is 2.06. The molecule has 0 radical (unpaired) electrons. The lowest BCUT2D eigenvalue weighted by molar-refractivity contribution is -0.174. The Morgan fingerprint density at radius 1 is 0.947 bits per heavy atom. The molecule has 0 amide bonds. The first-order valence-electron chi connectivity index (χ1n) is 6.33. The van der Waals surface area contributed by atoms with Crippen molar-refractivity contribution in [1.82, 2.24) is 10.6 Å². The highest BCUT2D eigenvalue weighted by Gasteiger charge is 2.20. The fraction of sp³-hybridized carbons (Fsp3) is 0.818. The molecule has 0 aromatic heterocycles. The molecule has 2 N–H and O–H groups in total.